The molecule has 0 amide bonds. The average molecular weight is 420 g/mol. The molecule has 0 N–H and O–H groups in total. The molecule has 0 spiro atoms. The number of nitrogens with zero attached hydrogens (tertiary/aromatic N) is 5. The van der Waals surface area contributed by atoms with Crippen molar-refractivity contribution in [1.29, 1.82) is 0 Å². The number of imidazole rings is 1. The third kappa shape index (κ3) is 3.03. The molecular formula is C13H12ClFIN5. The second kappa shape index (κ2) is 6.27. The molecule has 0 fully saturated rings. The van der Waals surface area contributed by atoms with E-state index in [1.165, 1.54) is 6.07 Å². The summed E-state index contributed by atoms with van der Waals surface area (Å²) >= 11 is 7.81. The maximum absolute atomic E-state index is 13.8. The molecule has 0 aliphatic rings. The maximum Gasteiger partial charge on any atom is 0.138 e. The number of rotatable bonds is 5. The van der Waals surface area contributed by atoms with E-state index in [1.807, 2.05) is 27.2 Å². The van der Waals surface area contributed by atoms with Crippen LogP contribution in [-0.4, -0.2) is 30.4 Å². The predicted molar refractivity (Wildman–Crippen MR) is 86.9 cm³/mol. The number of benzene rings is 1. The summed E-state index contributed by atoms with van der Waals surface area (Å²) in [6.45, 7) is 1.29. The van der Waals surface area contributed by atoms with E-state index in [0.29, 0.717) is 29.0 Å². The molecule has 3 rings (SSSR count). The van der Waals surface area contributed by atoms with Crippen molar-refractivity contribution in [3.63, 3.8) is 0 Å². The Labute approximate surface area is 139 Å². The first kappa shape index (κ1) is 14.7. The highest BCUT2D eigenvalue weighted by atomic mass is 127. The fraction of sp³-hybridized carbons (Fsp3) is 0.308. The van der Waals surface area contributed by atoms with E-state index in [1.54, 1.807) is 23.1 Å². The molecule has 2 heterocycles. The fourth-order valence-corrected chi connectivity index (χ4v) is 2.87. The summed E-state index contributed by atoms with van der Waals surface area (Å²) in [4.78, 5) is 4.57. The predicted octanol–water partition coefficient (Wildman–Crippen LogP) is 2.85. The van der Waals surface area contributed by atoms with Crippen LogP contribution in [0, 0.1) is 9.39 Å². The number of halogens is 3. The van der Waals surface area contributed by atoms with Gasteiger partial charge in [-0.05, 0) is 28.7 Å². The first-order chi connectivity index (χ1) is 10.2. The van der Waals surface area contributed by atoms with Crippen molar-refractivity contribution in [3.05, 3.63) is 39.7 Å². The van der Waals surface area contributed by atoms with Crippen molar-refractivity contribution < 1.29 is 4.39 Å². The minimum absolute atomic E-state index is 0.234. The largest absolute Gasteiger partial charge is 0.326 e. The molecule has 1 aromatic carbocycles. The first-order valence-corrected chi connectivity index (χ1v) is 8.04. The highest BCUT2D eigenvalue weighted by Gasteiger charge is 2.13. The lowest BCUT2D eigenvalue weighted by Crippen LogP contribution is -2.11. The van der Waals surface area contributed by atoms with E-state index < -0.39 is 0 Å². The Kier molecular flexibility index (Phi) is 4.39. The molecule has 0 saturated carbocycles. The van der Waals surface area contributed by atoms with Gasteiger partial charge in [0.05, 0.1) is 27.3 Å². The van der Waals surface area contributed by atoms with Gasteiger partial charge in [-0.25, -0.2) is 9.37 Å². The van der Waals surface area contributed by atoms with Gasteiger partial charge in [-0.3, -0.25) is 4.68 Å². The summed E-state index contributed by atoms with van der Waals surface area (Å²) in [5.74, 6) is 1.11. The van der Waals surface area contributed by atoms with E-state index in [-0.39, 0.29) is 5.82 Å². The van der Waals surface area contributed by atoms with Gasteiger partial charge in [-0.2, -0.15) is 0 Å². The quantitative estimate of drug-likeness (QED) is 0.472. The monoisotopic (exact) mass is 419 g/mol. The number of aromatic nitrogens is 5. The van der Waals surface area contributed by atoms with Gasteiger partial charge in [0, 0.05) is 31.1 Å². The van der Waals surface area contributed by atoms with Crippen LogP contribution < -0.4 is 0 Å². The molecule has 0 bridgehead atoms. The van der Waals surface area contributed by atoms with Gasteiger partial charge in [0.25, 0.3) is 0 Å². The molecule has 2 aromatic heterocycles. The normalized spacial score (nSPS) is 11.4. The van der Waals surface area contributed by atoms with Crippen molar-refractivity contribution in [2.45, 2.75) is 19.5 Å². The molecule has 0 aliphatic carbocycles. The van der Waals surface area contributed by atoms with Crippen molar-refractivity contribution in [1.82, 2.24) is 24.5 Å². The van der Waals surface area contributed by atoms with E-state index in [9.17, 15) is 4.39 Å². The van der Waals surface area contributed by atoms with Crippen molar-refractivity contribution in [3.8, 4) is 0 Å². The molecule has 0 atom stereocenters. The lowest BCUT2D eigenvalue weighted by Gasteiger charge is -2.08. The Morgan fingerprint density at radius 1 is 1.29 bits per heavy atom. The Morgan fingerprint density at radius 2 is 2.14 bits per heavy atom. The molecule has 0 unspecified atom stereocenters. The molecule has 0 saturated heterocycles. The summed E-state index contributed by atoms with van der Waals surface area (Å²) in [5.41, 5.74) is 1.58. The Morgan fingerprint density at radius 3 is 2.86 bits per heavy atom. The van der Waals surface area contributed by atoms with Crippen LogP contribution in [0.4, 0.5) is 4.39 Å². The number of hydrogen-bond acceptors (Lipinski definition) is 3. The highest BCUT2D eigenvalue weighted by molar-refractivity contribution is 14.1. The zero-order valence-corrected chi connectivity index (χ0v) is 13.9. The smallest absolute Gasteiger partial charge is 0.138 e. The molecule has 3 aromatic rings. The van der Waals surface area contributed by atoms with Crippen LogP contribution >= 0.6 is 34.2 Å². The number of fused-ring (bicyclic) bond motifs is 1. The van der Waals surface area contributed by atoms with Crippen LogP contribution in [0.15, 0.2) is 24.5 Å². The molecule has 5 nitrogen and oxygen atoms in total. The standard InChI is InChI=1S/C13H12ClFIN5/c14-2-1-13-18-11-8-10(16)9(15)7-12(11)21(13)6-5-20-4-3-17-19-20/h3-4,7-8H,1-2,5-6H2. The molecule has 21 heavy (non-hydrogen) atoms. The number of aryl methyl sites for hydroxylation is 3. The summed E-state index contributed by atoms with van der Waals surface area (Å²) in [6, 6.07) is 3.29. The SMILES string of the molecule is Fc1cc2c(cc1I)nc(CCCl)n2CCn1ccnn1. The second-order valence-electron chi connectivity index (χ2n) is 4.54. The van der Waals surface area contributed by atoms with Gasteiger partial charge < -0.3 is 4.57 Å². The summed E-state index contributed by atoms with van der Waals surface area (Å²) < 4.78 is 18.1. The zero-order valence-electron chi connectivity index (χ0n) is 11.0. The zero-order chi connectivity index (χ0) is 14.8. The lowest BCUT2D eigenvalue weighted by atomic mass is 10.3. The van der Waals surface area contributed by atoms with Gasteiger partial charge >= 0.3 is 0 Å². The van der Waals surface area contributed by atoms with Crippen LogP contribution in [0.3, 0.4) is 0 Å². The molecule has 0 radical (unpaired) electrons. The van der Waals surface area contributed by atoms with Crippen LogP contribution in [0.2, 0.25) is 0 Å². The third-order valence-electron chi connectivity index (χ3n) is 3.21. The second-order valence-corrected chi connectivity index (χ2v) is 6.08. The highest BCUT2D eigenvalue weighted by Crippen LogP contribution is 2.22. The van der Waals surface area contributed by atoms with Gasteiger partial charge in [0.1, 0.15) is 11.6 Å². The number of hydrogen-bond donors (Lipinski definition) is 0. The van der Waals surface area contributed by atoms with Crippen molar-refractivity contribution in [2.75, 3.05) is 5.88 Å². The van der Waals surface area contributed by atoms with Crippen molar-refractivity contribution >= 4 is 45.2 Å². The minimum Gasteiger partial charge on any atom is -0.326 e. The Bertz CT molecular complexity index is 756. The van der Waals surface area contributed by atoms with Gasteiger partial charge in [0.15, 0.2) is 0 Å². The first-order valence-electron chi connectivity index (χ1n) is 6.43. The summed E-state index contributed by atoms with van der Waals surface area (Å²) in [6.07, 6.45) is 4.07. The minimum atomic E-state index is -0.234. The molecule has 110 valence electrons. The van der Waals surface area contributed by atoms with E-state index in [2.05, 4.69) is 15.3 Å². The van der Waals surface area contributed by atoms with Crippen LogP contribution in [0.25, 0.3) is 11.0 Å². The topological polar surface area (TPSA) is 48.5 Å². The summed E-state index contributed by atoms with van der Waals surface area (Å²) in [7, 11) is 0. The van der Waals surface area contributed by atoms with E-state index in [4.69, 9.17) is 11.6 Å². The van der Waals surface area contributed by atoms with Crippen LogP contribution in [-0.2, 0) is 19.5 Å². The Balaban J connectivity index is 2.00. The van der Waals surface area contributed by atoms with Gasteiger partial charge in [-0.1, -0.05) is 5.21 Å². The maximum atomic E-state index is 13.8. The van der Waals surface area contributed by atoms with Crippen LogP contribution in [0.5, 0.6) is 0 Å². The molecular weight excluding hydrogens is 408 g/mol. The average Bonchev–Trinajstić information content (AvgIpc) is 3.06. The van der Waals surface area contributed by atoms with Crippen LogP contribution in [0.1, 0.15) is 5.82 Å². The van der Waals surface area contributed by atoms with Gasteiger partial charge in [0.2, 0.25) is 0 Å². The van der Waals surface area contributed by atoms with Crippen molar-refractivity contribution in [2.24, 2.45) is 0 Å². The van der Waals surface area contributed by atoms with Gasteiger partial charge in [-0.15, -0.1) is 16.7 Å². The Hall–Kier alpha value is -1.22. The molecule has 8 heteroatoms. The summed E-state index contributed by atoms with van der Waals surface area (Å²) in [5, 5.41) is 7.71. The van der Waals surface area contributed by atoms with E-state index >= 15 is 0 Å². The fourth-order valence-electron chi connectivity index (χ4n) is 2.25. The van der Waals surface area contributed by atoms with E-state index in [0.717, 1.165) is 16.9 Å². The number of alkyl halides is 1. The third-order valence-corrected chi connectivity index (χ3v) is 4.23. The molecule has 0 aliphatic heterocycles. The lowest BCUT2D eigenvalue weighted by molar-refractivity contribution is 0.516.